The molecular weight excluding hydrogens is 204 g/mol. The molecule has 84 valence electrons. The Kier molecular flexibility index (Phi) is 3.37. The zero-order valence-corrected chi connectivity index (χ0v) is 9.27. The molecule has 0 atom stereocenters. The summed E-state index contributed by atoms with van der Waals surface area (Å²) in [7, 11) is 1.54. The van der Waals surface area contributed by atoms with Crippen molar-refractivity contribution < 1.29 is 9.47 Å². The predicted octanol–water partition coefficient (Wildman–Crippen LogP) is 1.86. The third-order valence-electron chi connectivity index (χ3n) is 2.84. The number of pyridine rings is 1. The Balaban J connectivity index is 2.25. The first-order valence-corrected chi connectivity index (χ1v) is 5.38. The molecule has 1 aliphatic rings. The minimum absolute atomic E-state index is 0.423. The van der Waals surface area contributed by atoms with E-state index in [4.69, 9.17) is 14.7 Å². The minimum atomic E-state index is 0.423. The number of ether oxygens (including phenoxy) is 2. The van der Waals surface area contributed by atoms with E-state index in [1.54, 1.807) is 6.07 Å². The highest BCUT2D eigenvalue weighted by Crippen LogP contribution is 2.27. The number of methoxy groups -OCH3 is 1. The van der Waals surface area contributed by atoms with E-state index in [0.29, 0.717) is 17.4 Å². The highest BCUT2D eigenvalue weighted by atomic mass is 16.5. The minimum Gasteiger partial charge on any atom is -0.480 e. The van der Waals surface area contributed by atoms with Crippen molar-refractivity contribution in [3.05, 3.63) is 23.4 Å². The lowest BCUT2D eigenvalue weighted by atomic mass is 9.96. The van der Waals surface area contributed by atoms with Gasteiger partial charge in [-0.2, -0.15) is 5.26 Å². The van der Waals surface area contributed by atoms with Gasteiger partial charge in [-0.3, -0.25) is 0 Å². The summed E-state index contributed by atoms with van der Waals surface area (Å²) in [6.07, 6.45) is 1.98. The molecule has 4 nitrogen and oxygen atoms in total. The highest BCUT2D eigenvalue weighted by Gasteiger charge is 2.18. The van der Waals surface area contributed by atoms with Crippen LogP contribution in [0.25, 0.3) is 0 Å². The van der Waals surface area contributed by atoms with E-state index in [0.717, 1.165) is 31.7 Å². The maximum atomic E-state index is 8.86. The van der Waals surface area contributed by atoms with Gasteiger partial charge in [0.05, 0.1) is 7.11 Å². The Morgan fingerprint density at radius 2 is 2.19 bits per heavy atom. The van der Waals surface area contributed by atoms with E-state index >= 15 is 0 Å². The Hall–Kier alpha value is -1.60. The molecule has 0 radical (unpaired) electrons. The second-order valence-corrected chi connectivity index (χ2v) is 3.79. The molecular formula is C12H14N2O2. The van der Waals surface area contributed by atoms with Gasteiger partial charge in [0.15, 0.2) is 0 Å². The van der Waals surface area contributed by atoms with Crippen molar-refractivity contribution in [2.75, 3.05) is 20.3 Å². The summed E-state index contributed by atoms with van der Waals surface area (Å²) in [5.74, 6) is 0.849. The quantitative estimate of drug-likeness (QED) is 0.760. The molecule has 0 bridgehead atoms. The number of rotatable bonds is 2. The molecule has 0 unspecified atom stereocenters. The Morgan fingerprint density at radius 1 is 1.44 bits per heavy atom. The molecule has 4 heteroatoms. The topological polar surface area (TPSA) is 55.1 Å². The number of aromatic nitrogens is 1. The molecule has 0 saturated carbocycles. The second kappa shape index (κ2) is 4.95. The lowest BCUT2D eigenvalue weighted by Gasteiger charge is -2.21. The third-order valence-corrected chi connectivity index (χ3v) is 2.84. The molecule has 1 aromatic rings. The van der Waals surface area contributed by atoms with Crippen molar-refractivity contribution in [1.82, 2.24) is 4.98 Å². The van der Waals surface area contributed by atoms with Crippen LogP contribution in [-0.4, -0.2) is 25.3 Å². The number of hydrogen-bond donors (Lipinski definition) is 0. The van der Waals surface area contributed by atoms with Gasteiger partial charge in [0.2, 0.25) is 5.88 Å². The Bertz CT molecular complexity index is 406. The number of nitrogens with zero attached hydrogens (tertiary/aromatic N) is 2. The van der Waals surface area contributed by atoms with Crippen molar-refractivity contribution in [2.45, 2.75) is 18.8 Å². The van der Waals surface area contributed by atoms with Gasteiger partial charge >= 0.3 is 0 Å². The van der Waals surface area contributed by atoms with Crippen LogP contribution in [0.2, 0.25) is 0 Å². The van der Waals surface area contributed by atoms with Crippen LogP contribution in [0.5, 0.6) is 5.88 Å². The molecule has 1 aromatic heterocycles. The molecule has 16 heavy (non-hydrogen) atoms. The van der Waals surface area contributed by atoms with Crippen molar-refractivity contribution >= 4 is 0 Å². The van der Waals surface area contributed by atoms with Crippen molar-refractivity contribution in [3.8, 4) is 11.9 Å². The van der Waals surface area contributed by atoms with E-state index in [9.17, 15) is 0 Å². The van der Waals surface area contributed by atoms with Crippen molar-refractivity contribution in [1.29, 1.82) is 5.26 Å². The van der Waals surface area contributed by atoms with Crippen LogP contribution >= 0.6 is 0 Å². The molecule has 0 N–H and O–H groups in total. The lowest BCUT2D eigenvalue weighted by molar-refractivity contribution is 0.0844. The number of hydrogen-bond acceptors (Lipinski definition) is 4. The summed E-state index contributed by atoms with van der Waals surface area (Å²) in [5, 5.41) is 8.86. The summed E-state index contributed by atoms with van der Waals surface area (Å²) < 4.78 is 10.4. The highest BCUT2D eigenvalue weighted by molar-refractivity contribution is 5.39. The molecule has 1 aliphatic heterocycles. The average molecular weight is 218 g/mol. The van der Waals surface area contributed by atoms with Gasteiger partial charge in [-0.25, -0.2) is 4.98 Å². The second-order valence-electron chi connectivity index (χ2n) is 3.79. The Labute approximate surface area is 94.8 Å². The normalized spacial score (nSPS) is 16.8. The van der Waals surface area contributed by atoms with Crippen molar-refractivity contribution in [2.24, 2.45) is 0 Å². The van der Waals surface area contributed by atoms with Gasteiger partial charge in [-0.1, -0.05) is 0 Å². The summed E-state index contributed by atoms with van der Waals surface area (Å²) in [4.78, 5) is 4.39. The van der Waals surface area contributed by atoms with Gasteiger partial charge in [0.1, 0.15) is 11.6 Å². The van der Waals surface area contributed by atoms with Gasteiger partial charge in [0.25, 0.3) is 0 Å². The monoisotopic (exact) mass is 218 g/mol. The molecule has 1 fully saturated rings. The lowest BCUT2D eigenvalue weighted by Crippen LogP contribution is -2.15. The number of nitriles is 1. The van der Waals surface area contributed by atoms with Gasteiger partial charge in [0, 0.05) is 24.8 Å². The molecule has 2 heterocycles. The van der Waals surface area contributed by atoms with Gasteiger partial charge in [-0.15, -0.1) is 0 Å². The van der Waals surface area contributed by atoms with Crippen LogP contribution in [0.1, 0.15) is 30.0 Å². The molecule has 0 aromatic carbocycles. The van der Waals surface area contributed by atoms with Gasteiger partial charge in [-0.05, 0) is 25.0 Å². The molecule has 0 spiro atoms. The molecule has 2 rings (SSSR count). The summed E-state index contributed by atoms with van der Waals surface area (Å²) in [6.45, 7) is 1.57. The summed E-state index contributed by atoms with van der Waals surface area (Å²) >= 11 is 0. The largest absolute Gasteiger partial charge is 0.480 e. The van der Waals surface area contributed by atoms with E-state index in [1.807, 2.05) is 6.07 Å². The summed E-state index contributed by atoms with van der Waals surface area (Å²) in [6, 6.07) is 5.75. The van der Waals surface area contributed by atoms with Crippen LogP contribution in [0.15, 0.2) is 12.1 Å². The zero-order valence-electron chi connectivity index (χ0n) is 9.27. The van der Waals surface area contributed by atoms with E-state index < -0.39 is 0 Å². The standard InChI is InChI=1S/C12H14N2O2/c1-15-12-10(8-13)2-3-11(14-12)9-4-6-16-7-5-9/h2-3,9H,4-7H2,1H3. The first-order chi connectivity index (χ1) is 7.85. The fraction of sp³-hybridized carbons (Fsp3) is 0.500. The van der Waals surface area contributed by atoms with Crippen molar-refractivity contribution in [3.63, 3.8) is 0 Å². The SMILES string of the molecule is COc1nc(C2CCOCC2)ccc1C#N. The van der Waals surface area contributed by atoms with Crippen LogP contribution in [0, 0.1) is 11.3 Å². The fourth-order valence-corrected chi connectivity index (χ4v) is 1.92. The third kappa shape index (κ3) is 2.15. The zero-order chi connectivity index (χ0) is 11.4. The van der Waals surface area contributed by atoms with E-state index in [-0.39, 0.29) is 0 Å². The predicted molar refractivity (Wildman–Crippen MR) is 58.3 cm³/mol. The Morgan fingerprint density at radius 3 is 2.81 bits per heavy atom. The first-order valence-electron chi connectivity index (χ1n) is 5.38. The summed E-state index contributed by atoms with van der Waals surface area (Å²) in [5.41, 5.74) is 1.48. The van der Waals surface area contributed by atoms with Crippen LogP contribution in [0.4, 0.5) is 0 Å². The van der Waals surface area contributed by atoms with Crippen LogP contribution in [0.3, 0.4) is 0 Å². The van der Waals surface area contributed by atoms with Crippen LogP contribution < -0.4 is 4.74 Å². The fourth-order valence-electron chi connectivity index (χ4n) is 1.92. The maximum Gasteiger partial charge on any atom is 0.231 e. The van der Waals surface area contributed by atoms with E-state index in [1.165, 1.54) is 7.11 Å². The smallest absolute Gasteiger partial charge is 0.231 e. The first kappa shape index (κ1) is 10.9. The maximum absolute atomic E-state index is 8.86. The molecule has 0 amide bonds. The van der Waals surface area contributed by atoms with Crippen LogP contribution in [-0.2, 0) is 4.74 Å². The van der Waals surface area contributed by atoms with Gasteiger partial charge < -0.3 is 9.47 Å². The molecule has 0 aliphatic carbocycles. The molecule has 1 saturated heterocycles. The van der Waals surface area contributed by atoms with E-state index in [2.05, 4.69) is 11.1 Å². The average Bonchev–Trinajstić information content (AvgIpc) is 2.39.